The van der Waals surface area contributed by atoms with E-state index >= 15 is 0 Å². The minimum atomic E-state index is -0.630. The van der Waals surface area contributed by atoms with E-state index in [0.29, 0.717) is 11.4 Å². The number of aryl methyl sites for hydroxylation is 1. The number of carbonyl (C=O) groups excluding carboxylic acids is 2. The van der Waals surface area contributed by atoms with Crippen LogP contribution < -0.4 is 10.1 Å². The van der Waals surface area contributed by atoms with Gasteiger partial charge in [-0.2, -0.15) is 0 Å². The highest BCUT2D eigenvalue weighted by Crippen LogP contribution is 2.44. The van der Waals surface area contributed by atoms with Crippen molar-refractivity contribution in [1.82, 2.24) is 4.90 Å². The summed E-state index contributed by atoms with van der Waals surface area (Å²) in [6.07, 6.45) is -0.493. The Balaban J connectivity index is 1.79. The molecule has 0 unspecified atom stereocenters. The average Bonchev–Trinajstić information content (AvgIpc) is 3.37. The van der Waals surface area contributed by atoms with Gasteiger partial charge < -0.3 is 14.8 Å². The third-order valence-electron chi connectivity index (χ3n) is 4.46. The number of nitrogens with one attached hydrogen (secondary N) is 1. The molecule has 0 saturated carbocycles. The molecule has 6 nitrogen and oxygen atoms in total. The van der Waals surface area contributed by atoms with Crippen LogP contribution in [0.3, 0.4) is 0 Å². The number of hydrogen-bond acceptors (Lipinski definition) is 4. The summed E-state index contributed by atoms with van der Waals surface area (Å²) in [5.41, 5.74) is 2.04. The lowest BCUT2D eigenvalue weighted by Gasteiger charge is -2.20. The van der Waals surface area contributed by atoms with Gasteiger partial charge in [-0.3, -0.25) is 9.69 Å². The van der Waals surface area contributed by atoms with E-state index in [0.717, 1.165) is 11.1 Å². The lowest BCUT2D eigenvalue weighted by atomic mass is 10.1. The number of ether oxygens (including phenoxy) is 2. The Morgan fingerprint density at radius 1 is 1.00 bits per heavy atom. The number of hydrogen-bond donors (Lipinski definition) is 1. The first-order valence-corrected chi connectivity index (χ1v) is 9.22. The van der Waals surface area contributed by atoms with Crippen molar-refractivity contribution in [3.05, 3.63) is 59.7 Å². The minimum Gasteiger partial charge on any atom is -0.497 e. The maximum atomic E-state index is 12.9. The van der Waals surface area contributed by atoms with Gasteiger partial charge in [0.1, 0.15) is 17.4 Å². The number of methoxy groups -OCH3 is 1. The number of nitrogens with zero attached hydrogens (tertiary/aromatic N) is 1. The summed E-state index contributed by atoms with van der Waals surface area (Å²) in [6.45, 7) is 7.42. The Kier molecular flexibility index (Phi) is 5.31. The number of anilines is 1. The van der Waals surface area contributed by atoms with Crippen molar-refractivity contribution in [2.75, 3.05) is 12.4 Å². The molecular weight excluding hydrogens is 356 g/mol. The van der Waals surface area contributed by atoms with Crippen LogP contribution in [0.15, 0.2) is 48.5 Å². The van der Waals surface area contributed by atoms with Crippen molar-refractivity contribution in [2.24, 2.45) is 0 Å². The van der Waals surface area contributed by atoms with Crippen molar-refractivity contribution in [3.63, 3.8) is 0 Å². The van der Waals surface area contributed by atoms with Crippen LogP contribution in [0.25, 0.3) is 0 Å². The predicted octanol–water partition coefficient (Wildman–Crippen LogP) is 4.30. The smallest absolute Gasteiger partial charge is 0.411 e. The van der Waals surface area contributed by atoms with Gasteiger partial charge in [-0.1, -0.05) is 29.8 Å². The molecule has 2 aromatic rings. The molecule has 1 saturated heterocycles. The summed E-state index contributed by atoms with van der Waals surface area (Å²) in [5, 5.41) is 2.87. The molecular formula is C22H26N2O4. The van der Waals surface area contributed by atoms with Crippen LogP contribution in [-0.4, -0.2) is 35.7 Å². The summed E-state index contributed by atoms with van der Waals surface area (Å²) >= 11 is 0. The number of rotatable bonds is 4. The highest BCUT2D eigenvalue weighted by Gasteiger charge is 2.57. The third-order valence-corrected chi connectivity index (χ3v) is 4.46. The van der Waals surface area contributed by atoms with Crippen LogP contribution in [0.5, 0.6) is 5.75 Å². The molecule has 3 rings (SSSR count). The zero-order valence-corrected chi connectivity index (χ0v) is 16.9. The average molecular weight is 382 g/mol. The van der Waals surface area contributed by atoms with Gasteiger partial charge in [0, 0.05) is 5.69 Å². The quantitative estimate of drug-likeness (QED) is 0.801. The molecule has 0 spiro atoms. The largest absolute Gasteiger partial charge is 0.497 e. The second-order valence-corrected chi connectivity index (χ2v) is 7.91. The number of amides is 2. The van der Waals surface area contributed by atoms with Crippen LogP contribution in [0.1, 0.15) is 37.9 Å². The second-order valence-electron chi connectivity index (χ2n) is 7.91. The fraction of sp³-hybridized carbons (Fsp3) is 0.364. The summed E-state index contributed by atoms with van der Waals surface area (Å²) in [4.78, 5) is 27.0. The van der Waals surface area contributed by atoms with Gasteiger partial charge in [-0.15, -0.1) is 0 Å². The summed E-state index contributed by atoms with van der Waals surface area (Å²) in [6, 6.07) is 13.9. The molecule has 2 atom stereocenters. The zero-order chi connectivity index (χ0) is 20.5. The zero-order valence-electron chi connectivity index (χ0n) is 16.9. The molecule has 0 radical (unpaired) electrons. The van der Waals surface area contributed by atoms with E-state index in [1.165, 1.54) is 4.90 Å². The molecule has 1 aliphatic rings. The van der Waals surface area contributed by atoms with Gasteiger partial charge in [0.05, 0.1) is 13.2 Å². The summed E-state index contributed by atoms with van der Waals surface area (Å²) < 4.78 is 10.6. The molecule has 1 fully saturated rings. The van der Waals surface area contributed by atoms with Crippen LogP contribution in [0, 0.1) is 6.92 Å². The van der Waals surface area contributed by atoms with Crippen molar-refractivity contribution < 1.29 is 19.1 Å². The molecule has 0 bridgehead atoms. The first-order chi connectivity index (χ1) is 13.2. The molecule has 148 valence electrons. The van der Waals surface area contributed by atoms with Gasteiger partial charge in [-0.05, 0) is 57.5 Å². The van der Waals surface area contributed by atoms with Crippen molar-refractivity contribution in [1.29, 1.82) is 0 Å². The first-order valence-electron chi connectivity index (χ1n) is 9.22. The van der Waals surface area contributed by atoms with Gasteiger partial charge in [0.2, 0.25) is 5.91 Å². The van der Waals surface area contributed by atoms with Gasteiger partial charge in [0.15, 0.2) is 0 Å². The number of carbonyl (C=O) groups is 2. The fourth-order valence-corrected chi connectivity index (χ4v) is 3.04. The van der Waals surface area contributed by atoms with Crippen molar-refractivity contribution in [2.45, 2.75) is 45.4 Å². The van der Waals surface area contributed by atoms with E-state index in [1.807, 2.05) is 52.0 Å². The molecule has 2 aromatic carbocycles. The van der Waals surface area contributed by atoms with Crippen LogP contribution >= 0.6 is 0 Å². The van der Waals surface area contributed by atoms with Crippen molar-refractivity contribution >= 4 is 17.7 Å². The highest BCUT2D eigenvalue weighted by atomic mass is 16.6. The fourth-order valence-electron chi connectivity index (χ4n) is 3.04. The lowest BCUT2D eigenvalue weighted by molar-refractivity contribution is -0.116. The Bertz CT molecular complexity index is 854. The molecule has 6 heteroatoms. The van der Waals surface area contributed by atoms with Gasteiger partial charge in [-0.25, -0.2) is 4.79 Å². The standard InChI is InChI=1S/C22H26N2O4/c1-14-6-8-15(9-7-14)18-19(24(18)21(26)28-22(2,3)4)20(25)23-16-10-12-17(27-5)13-11-16/h6-13,18-19H,1-5H3,(H,23,25)/t18-,19+,24?/m1/s1. The topological polar surface area (TPSA) is 67.6 Å². The maximum Gasteiger partial charge on any atom is 0.411 e. The molecule has 1 N–H and O–H groups in total. The molecule has 0 aromatic heterocycles. The van der Waals surface area contributed by atoms with E-state index in [1.54, 1.807) is 31.4 Å². The monoisotopic (exact) mass is 382 g/mol. The first kappa shape index (κ1) is 19.7. The normalized spacial score (nSPS) is 18.4. The second kappa shape index (κ2) is 7.54. The van der Waals surface area contributed by atoms with Gasteiger partial charge in [0.25, 0.3) is 0 Å². The van der Waals surface area contributed by atoms with Gasteiger partial charge >= 0.3 is 6.09 Å². The number of benzene rings is 2. The van der Waals surface area contributed by atoms with E-state index < -0.39 is 17.7 Å². The van der Waals surface area contributed by atoms with Crippen LogP contribution in [-0.2, 0) is 9.53 Å². The molecule has 0 aliphatic carbocycles. The Labute approximate surface area is 165 Å². The summed E-state index contributed by atoms with van der Waals surface area (Å²) in [5.74, 6) is 0.457. The highest BCUT2D eigenvalue weighted by molar-refractivity contribution is 6.00. The van der Waals surface area contributed by atoms with E-state index in [4.69, 9.17) is 9.47 Å². The molecule has 28 heavy (non-hydrogen) atoms. The minimum absolute atomic E-state index is 0.249. The van der Waals surface area contributed by atoms with Crippen molar-refractivity contribution in [3.8, 4) is 5.75 Å². The molecule has 2 amide bonds. The molecule has 1 aliphatic heterocycles. The van der Waals surface area contributed by atoms with E-state index in [-0.39, 0.29) is 11.9 Å². The Hall–Kier alpha value is -3.02. The van der Waals surface area contributed by atoms with E-state index in [2.05, 4.69) is 5.32 Å². The SMILES string of the molecule is COc1ccc(NC(=O)[C@@H]2[C@@H](c3ccc(C)cc3)N2C(=O)OC(C)(C)C)cc1. The lowest BCUT2D eigenvalue weighted by Crippen LogP contribution is -2.30. The van der Waals surface area contributed by atoms with E-state index in [9.17, 15) is 9.59 Å². The van der Waals surface area contributed by atoms with Crippen LogP contribution in [0.4, 0.5) is 10.5 Å². The summed E-state index contributed by atoms with van der Waals surface area (Å²) in [7, 11) is 1.59. The predicted molar refractivity (Wildman–Crippen MR) is 107 cm³/mol. The Morgan fingerprint density at radius 2 is 1.61 bits per heavy atom. The maximum absolute atomic E-state index is 12.9. The van der Waals surface area contributed by atoms with Crippen LogP contribution in [0.2, 0.25) is 0 Å². The molecule has 1 heterocycles. The third kappa shape index (κ3) is 4.44. The Morgan fingerprint density at radius 3 is 2.14 bits per heavy atom.